The molecule has 1 aliphatic heterocycles. The smallest absolute Gasteiger partial charge is 0.233 e. The third-order valence-electron chi connectivity index (χ3n) is 4.84. The van der Waals surface area contributed by atoms with Gasteiger partial charge in [0.25, 0.3) is 0 Å². The number of piperazine rings is 1. The van der Waals surface area contributed by atoms with Gasteiger partial charge in [0.15, 0.2) is 11.0 Å². The zero-order valence-corrected chi connectivity index (χ0v) is 19.6. The zero-order chi connectivity index (χ0) is 21.8. The number of halogens is 2. The molecule has 0 bridgehead atoms. The van der Waals surface area contributed by atoms with E-state index in [1.165, 1.54) is 11.8 Å². The van der Waals surface area contributed by atoms with Crippen LogP contribution in [0, 0.1) is 5.92 Å². The molecule has 1 aliphatic rings. The Labute approximate surface area is 190 Å². The Morgan fingerprint density at radius 1 is 1.10 bits per heavy atom. The summed E-state index contributed by atoms with van der Waals surface area (Å²) in [4.78, 5) is 27.7. The molecule has 2 amide bonds. The molecule has 1 aromatic carbocycles. The molecule has 30 heavy (non-hydrogen) atoms. The van der Waals surface area contributed by atoms with Crippen molar-refractivity contribution in [3.8, 4) is 11.4 Å². The molecule has 0 saturated carbocycles. The van der Waals surface area contributed by atoms with Crippen molar-refractivity contribution in [3.63, 3.8) is 0 Å². The fraction of sp³-hybridized carbons (Fsp3) is 0.500. The summed E-state index contributed by atoms with van der Waals surface area (Å²) in [7, 11) is 0. The molecule has 2 heterocycles. The van der Waals surface area contributed by atoms with E-state index in [-0.39, 0.29) is 17.6 Å². The third kappa shape index (κ3) is 5.47. The molecule has 0 atom stereocenters. The summed E-state index contributed by atoms with van der Waals surface area (Å²) < 4.78 is 2.01. The Morgan fingerprint density at radius 2 is 1.77 bits per heavy atom. The van der Waals surface area contributed by atoms with Gasteiger partial charge in [-0.15, -0.1) is 10.2 Å². The van der Waals surface area contributed by atoms with Crippen LogP contribution in [0.5, 0.6) is 0 Å². The van der Waals surface area contributed by atoms with E-state index in [0.29, 0.717) is 59.7 Å². The average molecular weight is 470 g/mol. The van der Waals surface area contributed by atoms with Gasteiger partial charge in [-0.2, -0.15) is 0 Å². The van der Waals surface area contributed by atoms with Crippen LogP contribution in [0.4, 0.5) is 0 Å². The van der Waals surface area contributed by atoms with Crippen LogP contribution in [0.1, 0.15) is 20.8 Å². The SMILES string of the molecule is CC(=O)N1CCN(C(=O)CSc2nnc(-c3ccc(Cl)cc3Cl)n2CC(C)C)CC1. The van der Waals surface area contributed by atoms with Crippen LogP contribution in [-0.2, 0) is 16.1 Å². The second kappa shape index (κ2) is 10.0. The van der Waals surface area contributed by atoms with Gasteiger partial charge in [-0.05, 0) is 24.1 Å². The third-order valence-corrected chi connectivity index (χ3v) is 6.34. The van der Waals surface area contributed by atoms with Crippen LogP contribution in [0.2, 0.25) is 10.0 Å². The maximum atomic E-state index is 12.7. The highest BCUT2D eigenvalue weighted by molar-refractivity contribution is 7.99. The highest BCUT2D eigenvalue weighted by Gasteiger charge is 2.24. The van der Waals surface area contributed by atoms with Gasteiger partial charge < -0.3 is 14.4 Å². The normalized spacial score (nSPS) is 14.5. The predicted octanol–water partition coefficient (Wildman–Crippen LogP) is 3.69. The Morgan fingerprint density at radius 3 is 2.37 bits per heavy atom. The topological polar surface area (TPSA) is 71.3 Å². The van der Waals surface area contributed by atoms with Gasteiger partial charge in [0.05, 0.1) is 10.8 Å². The first-order valence-electron chi connectivity index (χ1n) is 9.81. The number of hydrogen-bond donors (Lipinski definition) is 0. The van der Waals surface area contributed by atoms with Crippen molar-refractivity contribution >= 4 is 46.8 Å². The number of rotatable bonds is 6. The molecule has 3 rings (SSSR count). The van der Waals surface area contributed by atoms with E-state index in [0.717, 1.165) is 5.56 Å². The van der Waals surface area contributed by atoms with Gasteiger partial charge in [-0.25, -0.2) is 0 Å². The van der Waals surface area contributed by atoms with Gasteiger partial charge in [-0.3, -0.25) is 9.59 Å². The molecule has 0 radical (unpaired) electrons. The molecule has 1 fully saturated rings. The lowest BCUT2D eigenvalue weighted by Crippen LogP contribution is -2.50. The molecule has 10 heteroatoms. The zero-order valence-electron chi connectivity index (χ0n) is 17.3. The molecule has 1 aromatic heterocycles. The lowest BCUT2D eigenvalue weighted by Gasteiger charge is -2.34. The number of aromatic nitrogens is 3. The minimum absolute atomic E-state index is 0.0355. The summed E-state index contributed by atoms with van der Waals surface area (Å²) in [6.07, 6.45) is 0. The van der Waals surface area contributed by atoms with Gasteiger partial charge in [-0.1, -0.05) is 48.8 Å². The molecular weight excluding hydrogens is 445 g/mol. The second-order valence-corrected chi connectivity index (χ2v) is 9.40. The van der Waals surface area contributed by atoms with Crippen LogP contribution in [0.15, 0.2) is 23.4 Å². The van der Waals surface area contributed by atoms with Crippen molar-refractivity contribution in [2.75, 3.05) is 31.9 Å². The monoisotopic (exact) mass is 469 g/mol. The van der Waals surface area contributed by atoms with Crippen LogP contribution in [0.25, 0.3) is 11.4 Å². The fourth-order valence-electron chi connectivity index (χ4n) is 3.28. The van der Waals surface area contributed by atoms with Crippen molar-refractivity contribution in [2.45, 2.75) is 32.5 Å². The molecule has 1 saturated heterocycles. The van der Waals surface area contributed by atoms with E-state index >= 15 is 0 Å². The summed E-state index contributed by atoms with van der Waals surface area (Å²) in [5.74, 6) is 1.38. The molecule has 2 aromatic rings. The number of hydrogen-bond acceptors (Lipinski definition) is 5. The Kier molecular flexibility index (Phi) is 7.65. The first-order chi connectivity index (χ1) is 14.3. The van der Waals surface area contributed by atoms with E-state index in [2.05, 4.69) is 24.0 Å². The first-order valence-corrected chi connectivity index (χ1v) is 11.5. The number of amides is 2. The molecule has 0 aliphatic carbocycles. The van der Waals surface area contributed by atoms with E-state index in [1.54, 1.807) is 28.9 Å². The van der Waals surface area contributed by atoms with Crippen molar-refractivity contribution in [2.24, 2.45) is 5.92 Å². The van der Waals surface area contributed by atoms with Crippen molar-refractivity contribution in [3.05, 3.63) is 28.2 Å². The van der Waals surface area contributed by atoms with Gasteiger partial charge in [0.1, 0.15) is 0 Å². The van der Waals surface area contributed by atoms with E-state index in [4.69, 9.17) is 23.2 Å². The summed E-state index contributed by atoms with van der Waals surface area (Å²) in [6, 6.07) is 5.29. The molecule has 162 valence electrons. The summed E-state index contributed by atoms with van der Waals surface area (Å²) in [5.41, 5.74) is 0.757. The standard InChI is InChI=1S/C20H25Cl2N5O2S/c1-13(2)11-27-19(16-5-4-15(21)10-17(16)22)23-24-20(27)30-12-18(29)26-8-6-25(7-9-26)14(3)28/h4-5,10,13H,6-9,11-12H2,1-3H3. The maximum Gasteiger partial charge on any atom is 0.233 e. The van der Waals surface area contributed by atoms with E-state index < -0.39 is 0 Å². The minimum atomic E-state index is 0.0355. The first kappa shape index (κ1) is 22.9. The van der Waals surface area contributed by atoms with Crippen LogP contribution in [0.3, 0.4) is 0 Å². The number of carbonyl (C=O) groups is 2. The maximum absolute atomic E-state index is 12.7. The highest BCUT2D eigenvalue weighted by atomic mass is 35.5. The Hall–Kier alpha value is -1.77. The number of benzene rings is 1. The largest absolute Gasteiger partial charge is 0.339 e. The van der Waals surface area contributed by atoms with Crippen LogP contribution >= 0.6 is 35.0 Å². The lowest BCUT2D eigenvalue weighted by atomic mass is 10.2. The molecule has 0 unspecified atom stereocenters. The van der Waals surface area contributed by atoms with E-state index in [1.807, 2.05) is 10.6 Å². The second-order valence-electron chi connectivity index (χ2n) is 7.61. The number of carbonyl (C=O) groups excluding carboxylic acids is 2. The molecule has 7 nitrogen and oxygen atoms in total. The summed E-state index contributed by atoms with van der Waals surface area (Å²) in [6.45, 7) is 8.76. The van der Waals surface area contributed by atoms with E-state index in [9.17, 15) is 9.59 Å². The predicted molar refractivity (Wildman–Crippen MR) is 120 cm³/mol. The van der Waals surface area contributed by atoms with Crippen molar-refractivity contribution in [1.29, 1.82) is 0 Å². The Balaban J connectivity index is 1.72. The lowest BCUT2D eigenvalue weighted by molar-refractivity contribution is -0.136. The van der Waals surface area contributed by atoms with Gasteiger partial charge in [0, 0.05) is 50.2 Å². The average Bonchev–Trinajstić information content (AvgIpc) is 3.07. The van der Waals surface area contributed by atoms with Crippen molar-refractivity contribution < 1.29 is 9.59 Å². The quantitative estimate of drug-likeness (QED) is 0.603. The number of nitrogens with zero attached hydrogens (tertiary/aromatic N) is 5. The summed E-state index contributed by atoms with van der Waals surface area (Å²) >= 11 is 13.8. The minimum Gasteiger partial charge on any atom is -0.339 e. The Bertz CT molecular complexity index is 926. The fourth-order valence-corrected chi connectivity index (χ4v) is 4.63. The van der Waals surface area contributed by atoms with Crippen LogP contribution < -0.4 is 0 Å². The molecule has 0 spiro atoms. The van der Waals surface area contributed by atoms with Gasteiger partial charge >= 0.3 is 0 Å². The highest BCUT2D eigenvalue weighted by Crippen LogP contribution is 2.32. The number of thioether (sulfide) groups is 1. The summed E-state index contributed by atoms with van der Waals surface area (Å²) in [5, 5.41) is 10.4. The molecular formula is C20H25Cl2N5O2S. The van der Waals surface area contributed by atoms with Gasteiger partial charge in [0.2, 0.25) is 11.8 Å². The van der Waals surface area contributed by atoms with Crippen molar-refractivity contribution in [1.82, 2.24) is 24.6 Å². The molecule has 0 N–H and O–H groups in total. The van der Waals surface area contributed by atoms with Crippen LogP contribution in [-0.4, -0.2) is 68.3 Å².